The number of hydrogen-bond donors (Lipinski definition) is 3. The van der Waals surface area contributed by atoms with E-state index >= 15 is 0 Å². The topological polar surface area (TPSA) is 78.4 Å². The van der Waals surface area contributed by atoms with Crippen molar-refractivity contribution in [2.45, 2.75) is 19.9 Å². The largest absolute Gasteiger partial charge is 0.395 e. The number of nitrogens with one attached hydrogen (secondary N) is 2. The number of benzene rings is 1. The van der Waals surface area contributed by atoms with Crippen molar-refractivity contribution >= 4 is 11.8 Å². The third-order valence-corrected chi connectivity index (χ3v) is 2.77. The summed E-state index contributed by atoms with van der Waals surface area (Å²) in [5, 5.41) is 13.7. The van der Waals surface area contributed by atoms with Crippen LogP contribution in [0.5, 0.6) is 0 Å². The number of rotatable bonds is 6. The van der Waals surface area contributed by atoms with Crippen LogP contribution in [-0.4, -0.2) is 36.1 Å². The molecule has 6 heteroatoms. The van der Waals surface area contributed by atoms with E-state index in [1.54, 1.807) is 19.9 Å². The molecule has 1 unspecified atom stereocenters. The molecular weight excluding hydrogens is 263 g/mol. The van der Waals surface area contributed by atoms with Gasteiger partial charge in [-0.2, -0.15) is 0 Å². The molecule has 110 valence electrons. The third-order valence-electron chi connectivity index (χ3n) is 2.77. The summed E-state index contributed by atoms with van der Waals surface area (Å²) in [6.07, 6.45) is 0. The molecule has 0 saturated heterocycles. The van der Waals surface area contributed by atoms with Crippen molar-refractivity contribution < 1.29 is 19.1 Å². The van der Waals surface area contributed by atoms with Crippen LogP contribution in [-0.2, 0) is 4.79 Å². The van der Waals surface area contributed by atoms with E-state index in [1.807, 2.05) is 0 Å². The van der Waals surface area contributed by atoms with Crippen LogP contribution < -0.4 is 10.6 Å². The Hall–Kier alpha value is -1.95. The molecule has 20 heavy (non-hydrogen) atoms. The second kappa shape index (κ2) is 7.59. The van der Waals surface area contributed by atoms with Gasteiger partial charge in [-0.05, 0) is 18.1 Å². The molecule has 0 aliphatic rings. The third kappa shape index (κ3) is 4.31. The maximum Gasteiger partial charge on any atom is 0.254 e. The lowest BCUT2D eigenvalue weighted by Gasteiger charge is -2.21. The van der Waals surface area contributed by atoms with E-state index in [-0.39, 0.29) is 24.6 Å². The molecule has 0 saturated carbocycles. The van der Waals surface area contributed by atoms with Crippen LogP contribution in [0.4, 0.5) is 4.39 Å². The van der Waals surface area contributed by atoms with Gasteiger partial charge in [-0.25, -0.2) is 4.39 Å². The maximum atomic E-state index is 13.5. The fourth-order valence-corrected chi connectivity index (χ4v) is 1.69. The number of aliphatic hydroxyl groups excluding tert-OH is 1. The van der Waals surface area contributed by atoms with Crippen molar-refractivity contribution in [3.05, 3.63) is 35.6 Å². The molecule has 1 atom stereocenters. The first-order valence-electron chi connectivity index (χ1n) is 6.41. The molecule has 1 rings (SSSR count). The molecular formula is C14H19FN2O3. The van der Waals surface area contributed by atoms with Crippen LogP contribution in [0.25, 0.3) is 0 Å². The summed E-state index contributed by atoms with van der Waals surface area (Å²) in [4.78, 5) is 23.8. The Morgan fingerprint density at radius 2 is 1.95 bits per heavy atom. The van der Waals surface area contributed by atoms with Gasteiger partial charge in [0.25, 0.3) is 5.91 Å². The molecule has 0 spiro atoms. The Morgan fingerprint density at radius 1 is 1.30 bits per heavy atom. The highest BCUT2D eigenvalue weighted by molar-refractivity contribution is 5.97. The Kier molecular flexibility index (Phi) is 6.11. The summed E-state index contributed by atoms with van der Waals surface area (Å²) in [6, 6.07) is 4.79. The van der Waals surface area contributed by atoms with Gasteiger partial charge in [-0.3, -0.25) is 9.59 Å². The van der Waals surface area contributed by atoms with Gasteiger partial charge in [0, 0.05) is 6.54 Å². The normalized spacial score (nSPS) is 12.1. The van der Waals surface area contributed by atoms with Crippen molar-refractivity contribution in [2.24, 2.45) is 5.92 Å². The van der Waals surface area contributed by atoms with E-state index < -0.39 is 23.7 Å². The lowest BCUT2D eigenvalue weighted by atomic mass is 10.0. The predicted octanol–water partition coefficient (Wildman–Crippen LogP) is 0.689. The molecule has 0 aliphatic carbocycles. The molecule has 0 bridgehead atoms. The molecule has 0 fully saturated rings. The summed E-state index contributed by atoms with van der Waals surface area (Å²) >= 11 is 0. The average molecular weight is 282 g/mol. The average Bonchev–Trinajstić information content (AvgIpc) is 2.42. The number of hydrogen-bond acceptors (Lipinski definition) is 3. The standard InChI is InChI=1S/C14H19FN2O3/c1-9(2)12(14(20)16-7-8-18)17-13(19)10-5-3-4-6-11(10)15/h3-6,9,12,18H,7-8H2,1-2H3,(H,16,20)(H,17,19). The van der Waals surface area contributed by atoms with Crippen molar-refractivity contribution in [3.63, 3.8) is 0 Å². The zero-order valence-electron chi connectivity index (χ0n) is 11.5. The first kappa shape index (κ1) is 16.1. The van der Waals surface area contributed by atoms with Gasteiger partial charge in [-0.15, -0.1) is 0 Å². The summed E-state index contributed by atoms with van der Waals surface area (Å²) in [7, 11) is 0. The lowest BCUT2D eigenvalue weighted by Crippen LogP contribution is -2.50. The number of amides is 2. The Morgan fingerprint density at radius 3 is 2.50 bits per heavy atom. The van der Waals surface area contributed by atoms with Crippen molar-refractivity contribution in [1.29, 1.82) is 0 Å². The van der Waals surface area contributed by atoms with Crippen molar-refractivity contribution in [2.75, 3.05) is 13.2 Å². The van der Waals surface area contributed by atoms with Gasteiger partial charge in [-0.1, -0.05) is 26.0 Å². The van der Waals surface area contributed by atoms with E-state index in [0.717, 1.165) is 0 Å². The SMILES string of the molecule is CC(C)C(NC(=O)c1ccccc1F)C(=O)NCCO. The molecule has 3 N–H and O–H groups in total. The number of carbonyl (C=O) groups is 2. The van der Waals surface area contributed by atoms with E-state index in [0.29, 0.717) is 0 Å². The summed E-state index contributed by atoms with van der Waals surface area (Å²) < 4.78 is 13.5. The number of aliphatic hydroxyl groups is 1. The molecule has 2 amide bonds. The zero-order chi connectivity index (χ0) is 15.1. The quantitative estimate of drug-likeness (QED) is 0.718. The molecule has 0 heterocycles. The molecule has 1 aromatic carbocycles. The number of carbonyl (C=O) groups excluding carboxylic acids is 2. The van der Waals surface area contributed by atoms with Gasteiger partial charge < -0.3 is 15.7 Å². The second-order valence-corrected chi connectivity index (χ2v) is 4.69. The smallest absolute Gasteiger partial charge is 0.254 e. The van der Waals surface area contributed by atoms with Crippen LogP contribution in [0, 0.1) is 11.7 Å². The Bertz CT molecular complexity index is 477. The predicted molar refractivity (Wildman–Crippen MR) is 72.6 cm³/mol. The summed E-state index contributed by atoms with van der Waals surface area (Å²) in [5.74, 6) is -1.84. The highest BCUT2D eigenvalue weighted by Gasteiger charge is 2.25. The monoisotopic (exact) mass is 282 g/mol. The minimum atomic E-state index is -0.784. The second-order valence-electron chi connectivity index (χ2n) is 4.69. The fraction of sp³-hybridized carbons (Fsp3) is 0.429. The van der Waals surface area contributed by atoms with Crippen molar-refractivity contribution in [1.82, 2.24) is 10.6 Å². The van der Waals surface area contributed by atoms with Gasteiger partial charge in [0.2, 0.25) is 5.91 Å². The maximum absolute atomic E-state index is 13.5. The molecule has 1 aromatic rings. The summed E-state index contributed by atoms with van der Waals surface area (Å²) in [6.45, 7) is 3.46. The van der Waals surface area contributed by atoms with Gasteiger partial charge in [0.1, 0.15) is 11.9 Å². The first-order valence-corrected chi connectivity index (χ1v) is 6.41. The highest BCUT2D eigenvalue weighted by Crippen LogP contribution is 2.08. The molecule has 5 nitrogen and oxygen atoms in total. The van der Waals surface area contributed by atoms with E-state index in [1.165, 1.54) is 18.2 Å². The van der Waals surface area contributed by atoms with Gasteiger partial charge in [0.15, 0.2) is 0 Å². The van der Waals surface area contributed by atoms with E-state index in [9.17, 15) is 14.0 Å². The van der Waals surface area contributed by atoms with Crippen LogP contribution in [0.1, 0.15) is 24.2 Å². The van der Waals surface area contributed by atoms with E-state index in [4.69, 9.17) is 5.11 Å². The van der Waals surface area contributed by atoms with Crippen molar-refractivity contribution in [3.8, 4) is 0 Å². The van der Waals surface area contributed by atoms with Gasteiger partial charge in [0.05, 0.1) is 12.2 Å². The molecule has 0 radical (unpaired) electrons. The zero-order valence-corrected chi connectivity index (χ0v) is 11.5. The molecule has 0 aliphatic heterocycles. The van der Waals surface area contributed by atoms with E-state index in [2.05, 4.69) is 10.6 Å². The lowest BCUT2D eigenvalue weighted by molar-refractivity contribution is -0.124. The first-order chi connectivity index (χ1) is 9.47. The highest BCUT2D eigenvalue weighted by atomic mass is 19.1. The number of halogens is 1. The Balaban J connectivity index is 2.78. The van der Waals surface area contributed by atoms with Crippen LogP contribution >= 0.6 is 0 Å². The Labute approximate surface area is 117 Å². The fourth-order valence-electron chi connectivity index (χ4n) is 1.69. The van der Waals surface area contributed by atoms with Gasteiger partial charge >= 0.3 is 0 Å². The van der Waals surface area contributed by atoms with Crippen LogP contribution in [0.3, 0.4) is 0 Å². The minimum Gasteiger partial charge on any atom is -0.395 e. The minimum absolute atomic E-state index is 0.104. The van der Waals surface area contributed by atoms with Crippen LogP contribution in [0.15, 0.2) is 24.3 Å². The van der Waals surface area contributed by atoms with Crippen LogP contribution in [0.2, 0.25) is 0 Å². The summed E-state index contributed by atoms with van der Waals surface area (Å²) in [5.41, 5.74) is -0.104. The molecule has 0 aromatic heterocycles.